The maximum absolute atomic E-state index is 14.7. The summed E-state index contributed by atoms with van der Waals surface area (Å²) in [5.41, 5.74) is 1.95. The molecular formula is C22H31FN4O3S. The maximum Gasteiger partial charge on any atom is 0.237 e. The highest BCUT2D eigenvalue weighted by Crippen LogP contribution is 2.29. The van der Waals surface area contributed by atoms with Crippen molar-refractivity contribution in [3.8, 4) is 0 Å². The van der Waals surface area contributed by atoms with Crippen LogP contribution in [0.15, 0.2) is 30.4 Å². The minimum Gasteiger partial charge on any atom is -0.384 e. The Morgan fingerprint density at radius 2 is 2.19 bits per heavy atom. The molecule has 0 saturated carbocycles. The first-order valence-corrected chi connectivity index (χ1v) is 11.2. The highest BCUT2D eigenvalue weighted by atomic mass is 32.2. The van der Waals surface area contributed by atoms with E-state index in [-0.39, 0.29) is 23.5 Å². The Kier molecular flexibility index (Phi) is 10.2. The molecule has 4 N–H and O–H groups in total. The largest absolute Gasteiger partial charge is 0.384 e. The number of nitrogens with two attached hydrogens (primary N) is 1. The van der Waals surface area contributed by atoms with E-state index in [0.717, 1.165) is 35.8 Å². The van der Waals surface area contributed by atoms with Gasteiger partial charge in [0.25, 0.3) is 0 Å². The third kappa shape index (κ3) is 6.62. The number of nitrogens with one attached hydrogen (secondary N) is 2. The number of benzene rings is 1. The number of halogens is 1. The fourth-order valence-corrected chi connectivity index (χ4v) is 4.38. The molecule has 0 heterocycles. The van der Waals surface area contributed by atoms with E-state index < -0.39 is 12.2 Å². The fourth-order valence-electron chi connectivity index (χ4n) is 3.81. The molecule has 7 nitrogen and oxygen atoms in total. The van der Waals surface area contributed by atoms with E-state index in [1.54, 1.807) is 32.3 Å². The van der Waals surface area contributed by atoms with Crippen molar-refractivity contribution in [2.45, 2.75) is 43.3 Å². The molecule has 2 rings (SSSR count). The monoisotopic (exact) mass is 450 g/mol. The van der Waals surface area contributed by atoms with E-state index in [9.17, 15) is 18.8 Å². The molecule has 4 atom stereocenters. The summed E-state index contributed by atoms with van der Waals surface area (Å²) in [6, 6.07) is 4.82. The number of anilines is 1. The molecule has 0 radical (unpaired) electrons. The number of nitrogens with zero attached hydrogens (tertiary/aromatic N) is 1. The zero-order chi connectivity index (χ0) is 22.8. The average Bonchev–Trinajstić information content (AvgIpc) is 2.79. The smallest absolute Gasteiger partial charge is 0.237 e. The van der Waals surface area contributed by atoms with E-state index in [2.05, 4.69) is 10.6 Å². The molecule has 31 heavy (non-hydrogen) atoms. The number of hydrogen-bond donors (Lipinski definition) is 3. The Balaban J connectivity index is 2.19. The number of rotatable bonds is 12. The Labute approximate surface area is 187 Å². The summed E-state index contributed by atoms with van der Waals surface area (Å²) < 4.78 is 14.7. The van der Waals surface area contributed by atoms with Crippen molar-refractivity contribution in [1.82, 2.24) is 10.2 Å². The van der Waals surface area contributed by atoms with Gasteiger partial charge in [-0.1, -0.05) is 36.2 Å². The number of likely N-dealkylation sites (N-methyl/N-ethyl adjacent to an activating group) is 2. The van der Waals surface area contributed by atoms with Crippen molar-refractivity contribution in [3.63, 3.8) is 0 Å². The SMILES string of the molecule is CNC(=O)C(CCC=O)N(C)Cc1c(C=O)cccc1NCC1CC=CC(SN)C1F. The predicted octanol–water partition coefficient (Wildman–Crippen LogP) is 2.33. The Hall–Kier alpha value is -2.23. The summed E-state index contributed by atoms with van der Waals surface area (Å²) in [4.78, 5) is 36.6. The molecular weight excluding hydrogens is 419 g/mol. The van der Waals surface area contributed by atoms with Crippen LogP contribution in [0.25, 0.3) is 0 Å². The van der Waals surface area contributed by atoms with E-state index in [4.69, 9.17) is 5.14 Å². The first-order valence-electron chi connectivity index (χ1n) is 10.3. The van der Waals surface area contributed by atoms with Gasteiger partial charge in [0.15, 0.2) is 0 Å². The standard InChI is InChI=1S/C22H31FN4O3S/c1-25-22(30)19(9-5-11-28)27(2)13-17-16(14-29)7-3-8-18(17)26-12-15-6-4-10-20(31-24)21(15)23/h3-4,7-8,10-11,14-15,19-21,26H,5-6,9,12-13,24H2,1-2H3,(H,25,30). The Bertz CT molecular complexity index is 792. The van der Waals surface area contributed by atoms with E-state index >= 15 is 0 Å². The first kappa shape index (κ1) is 25.0. The van der Waals surface area contributed by atoms with Gasteiger partial charge in [-0.3, -0.25) is 19.6 Å². The van der Waals surface area contributed by atoms with Gasteiger partial charge < -0.3 is 15.4 Å². The van der Waals surface area contributed by atoms with Crippen LogP contribution in [-0.4, -0.2) is 61.5 Å². The van der Waals surface area contributed by atoms with Crippen molar-refractivity contribution in [2.75, 3.05) is 26.0 Å². The molecule has 9 heteroatoms. The number of aldehydes is 2. The highest BCUT2D eigenvalue weighted by Gasteiger charge is 2.30. The van der Waals surface area contributed by atoms with E-state index in [0.29, 0.717) is 31.5 Å². The van der Waals surface area contributed by atoms with Crippen molar-refractivity contribution < 1.29 is 18.8 Å². The molecule has 0 saturated heterocycles. The molecule has 0 aromatic heterocycles. The van der Waals surface area contributed by atoms with Crippen LogP contribution in [0.4, 0.5) is 10.1 Å². The van der Waals surface area contributed by atoms with Gasteiger partial charge in [-0.25, -0.2) is 4.39 Å². The van der Waals surface area contributed by atoms with Crippen LogP contribution in [0.1, 0.15) is 35.2 Å². The van der Waals surface area contributed by atoms with Gasteiger partial charge in [0, 0.05) is 43.7 Å². The molecule has 0 spiro atoms. The second-order valence-corrected chi connectivity index (χ2v) is 8.45. The fraction of sp³-hybridized carbons (Fsp3) is 0.500. The molecule has 1 aliphatic carbocycles. The summed E-state index contributed by atoms with van der Waals surface area (Å²) in [6.07, 6.45) is 5.50. The van der Waals surface area contributed by atoms with Crippen LogP contribution in [0.2, 0.25) is 0 Å². The zero-order valence-electron chi connectivity index (χ0n) is 17.9. The van der Waals surface area contributed by atoms with Crippen LogP contribution >= 0.6 is 11.9 Å². The minimum atomic E-state index is -1.06. The van der Waals surface area contributed by atoms with Gasteiger partial charge in [-0.2, -0.15) is 0 Å². The number of amides is 1. The molecule has 0 bridgehead atoms. The molecule has 4 unspecified atom stereocenters. The third-order valence-electron chi connectivity index (χ3n) is 5.63. The summed E-state index contributed by atoms with van der Waals surface area (Å²) in [6.45, 7) is 0.713. The normalized spacial score (nSPS) is 21.5. The van der Waals surface area contributed by atoms with E-state index in [1.165, 1.54) is 0 Å². The lowest BCUT2D eigenvalue weighted by Gasteiger charge is -2.30. The van der Waals surface area contributed by atoms with Gasteiger partial charge >= 0.3 is 0 Å². The lowest BCUT2D eigenvalue weighted by Crippen LogP contribution is -2.44. The molecule has 0 fully saturated rings. The lowest BCUT2D eigenvalue weighted by atomic mass is 9.91. The minimum absolute atomic E-state index is 0.193. The lowest BCUT2D eigenvalue weighted by molar-refractivity contribution is -0.126. The quantitative estimate of drug-likeness (QED) is 0.255. The van der Waals surface area contributed by atoms with Crippen LogP contribution < -0.4 is 15.8 Å². The average molecular weight is 451 g/mol. The van der Waals surface area contributed by atoms with Crippen molar-refractivity contribution in [2.24, 2.45) is 11.1 Å². The third-order valence-corrected chi connectivity index (χ3v) is 6.36. The first-order chi connectivity index (χ1) is 15.0. The van der Waals surface area contributed by atoms with Crippen molar-refractivity contribution in [3.05, 3.63) is 41.5 Å². The molecule has 1 amide bonds. The zero-order valence-corrected chi connectivity index (χ0v) is 18.7. The molecule has 0 aliphatic heterocycles. The van der Waals surface area contributed by atoms with Crippen LogP contribution in [0.5, 0.6) is 0 Å². The van der Waals surface area contributed by atoms with Gasteiger partial charge in [-0.05, 0) is 31.5 Å². The number of carbonyl (C=O) groups excluding carboxylic acids is 3. The van der Waals surface area contributed by atoms with Gasteiger partial charge in [0.05, 0.1) is 11.3 Å². The van der Waals surface area contributed by atoms with Crippen LogP contribution in [0.3, 0.4) is 0 Å². The number of carbonyl (C=O) groups is 3. The number of allylic oxidation sites excluding steroid dienone is 1. The van der Waals surface area contributed by atoms with Gasteiger partial charge in [-0.15, -0.1) is 0 Å². The van der Waals surface area contributed by atoms with E-state index in [1.807, 2.05) is 17.0 Å². The summed E-state index contributed by atoms with van der Waals surface area (Å²) in [5, 5.41) is 11.1. The van der Waals surface area contributed by atoms with Crippen LogP contribution in [-0.2, 0) is 16.1 Å². The van der Waals surface area contributed by atoms with Crippen molar-refractivity contribution in [1.29, 1.82) is 0 Å². The predicted molar refractivity (Wildman–Crippen MR) is 123 cm³/mol. The van der Waals surface area contributed by atoms with Crippen LogP contribution in [0, 0.1) is 5.92 Å². The second-order valence-electron chi connectivity index (χ2n) is 7.63. The maximum atomic E-state index is 14.7. The Morgan fingerprint density at radius 3 is 2.84 bits per heavy atom. The number of hydrogen-bond acceptors (Lipinski definition) is 7. The Morgan fingerprint density at radius 1 is 1.42 bits per heavy atom. The summed E-state index contributed by atoms with van der Waals surface area (Å²) in [5.74, 6) is -0.426. The van der Waals surface area contributed by atoms with Gasteiger partial charge in [0.2, 0.25) is 5.91 Å². The highest BCUT2D eigenvalue weighted by molar-refractivity contribution is 7.97. The molecule has 1 aromatic rings. The van der Waals surface area contributed by atoms with Crippen molar-refractivity contribution >= 4 is 36.1 Å². The van der Waals surface area contributed by atoms with Gasteiger partial charge in [0.1, 0.15) is 18.7 Å². The molecule has 170 valence electrons. The number of alkyl halides is 1. The topological polar surface area (TPSA) is 105 Å². The molecule has 1 aromatic carbocycles. The second kappa shape index (κ2) is 12.6. The molecule has 1 aliphatic rings. The summed E-state index contributed by atoms with van der Waals surface area (Å²) in [7, 11) is 3.33. The summed E-state index contributed by atoms with van der Waals surface area (Å²) >= 11 is 1.01.